The topological polar surface area (TPSA) is 41.1 Å². The summed E-state index contributed by atoms with van der Waals surface area (Å²) in [6, 6.07) is 6.15. The Kier molecular flexibility index (Phi) is 3.48. The first-order valence-corrected chi connectivity index (χ1v) is 6.25. The van der Waals surface area contributed by atoms with Crippen LogP contribution in [0.25, 0.3) is 0 Å². The van der Waals surface area contributed by atoms with Gasteiger partial charge in [-0.1, -0.05) is 13.8 Å². The first-order chi connectivity index (χ1) is 8.08. The van der Waals surface area contributed by atoms with Gasteiger partial charge in [0.25, 0.3) is 0 Å². The van der Waals surface area contributed by atoms with Crippen molar-refractivity contribution in [3.05, 3.63) is 29.3 Å². The maximum absolute atomic E-state index is 12.2. The second kappa shape index (κ2) is 4.88. The summed E-state index contributed by atoms with van der Waals surface area (Å²) in [6.45, 7) is 7.01. The van der Waals surface area contributed by atoms with Gasteiger partial charge in [-0.2, -0.15) is 0 Å². The zero-order chi connectivity index (χ0) is 12.4. The number of hydrogen-bond acceptors (Lipinski definition) is 3. The molecule has 2 rings (SSSR count). The van der Waals surface area contributed by atoms with E-state index in [-0.39, 0.29) is 11.8 Å². The lowest BCUT2D eigenvalue weighted by Crippen LogP contribution is -2.38. The predicted molar refractivity (Wildman–Crippen MR) is 70.7 cm³/mol. The van der Waals surface area contributed by atoms with E-state index in [1.54, 1.807) is 0 Å². The molecular weight excluding hydrogens is 212 g/mol. The molecule has 1 aromatic rings. The molecule has 1 atom stereocenters. The Morgan fingerprint density at radius 2 is 2.12 bits per heavy atom. The lowest BCUT2D eigenvalue weighted by Gasteiger charge is -2.16. The lowest BCUT2D eigenvalue weighted by molar-refractivity contribution is 0.0946. The van der Waals surface area contributed by atoms with Crippen LogP contribution in [0.15, 0.2) is 18.2 Å². The van der Waals surface area contributed by atoms with Gasteiger partial charge in [-0.3, -0.25) is 4.79 Å². The number of ketones is 1. The average molecular weight is 232 g/mol. The third-order valence-electron chi connectivity index (χ3n) is 3.08. The van der Waals surface area contributed by atoms with Crippen LogP contribution < -0.4 is 10.6 Å². The van der Waals surface area contributed by atoms with E-state index < -0.39 is 0 Å². The summed E-state index contributed by atoms with van der Waals surface area (Å²) in [7, 11) is 0. The molecule has 1 unspecified atom stereocenters. The van der Waals surface area contributed by atoms with Crippen LogP contribution in [0.3, 0.4) is 0 Å². The van der Waals surface area contributed by atoms with Gasteiger partial charge in [-0.05, 0) is 37.1 Å². The molecule has 0 bridgehead atoms. The molecular formula is C14H20N2O. The zero-order valence-electron chi connectivity index (χ0n) is 10.7. The fourth-order valence-electron chi connectivity index (χ4n) is 2.28. The molecule has 92 valence electrons. The summed E-state index contributed by atoms with van der Waals surface area (Å²) >= 11 is 0. The first-order valence-electron chi connectivity index (χ1n) is 6.25. The highest BCUT2D eigenvalue weighted by Crippen LogP contribution is 2.23. The highest BCUT2D eigenvalue weighted by Gasteiger charge is 2.18. The lowest BCUT2D eigenvalue weighted by atomic mass is 10.0. The van der Waals surface area contributed by atoms with Gasteiger partial charge in [0.15, 0.2) is 5.78 Å². The van der Waals surface area contributed by atoms with E-state index in [0.717, 1.165) is 18.5 Å². The molecule has 0 amide bonds. The average Bonchev–Trinajstić information content (AvgIpc) is 2.73. The van der Waals surface area contributed by atoms with E-state index in [0.29, 0.717) is 6.04 Å². The summed E-state index contributed by atoms with van der Waals surface area (Å²) < 4.78 is 0. The van der Waals surface area contributed by atoms with Crippen LogP contribution >= 0.6 is 0 Å². The molecule has 17 heavy (non-hydrogen) atoms. The smallest absolute Gasteiger partial charge is 0.179 e. The highest BCUT2D eigenvalue weighted by atomic mass is 16.1. The van der Waals surface area contributed by atoms with E-state index >= 15 is 0 Å². The van der Waals surface area contributed by atoms with Crippen LogP contribution in [0.4, 0.5) is 5.69 Å². The van der Waals surface area contributed by atoms with Gasteiger partial charge in [0.2, 0.25) is 0 Å². The number of carbonyl (C=O) groups excluding carboxylic acids is 1. The minimum absolute atomic E-state index is 0.123. The second-order valence-corrected chi connectivity index (χ2v) is 4.96. The molecule has 3 nitrogen and oxygen atoms in total. The molecule has 2 N–H and O–H groups in total. The van der Waals surface area contributed by atoms with Gasteiger partial charge in [0.1, 0.15) is 0 Å². The zero-order valence-corrected chi connectivity index (χ0v) is 10.7. The van der Waals surface area contributed by atoms with Crippen LogP contribution in [0.1, 0.15) is 36.7 Å². The minimum Gasteiger partial charge on any atom is -0.384 e. The number of nitrogens with one attached hydrogen (secondary N) is 2. The first kappa shape index (κ1) is 12.1. The van der Waals surface area contributed by atoms with Crippen LogP contribution in [-0.2, 0) is 6.42 Å². The van der Waals surface area contributed by atoms with E-state index in [4.69, 9.17) is 0 Å². The van der Waals surface area contributed by atoms with Crippen molar-refractivity contribution in [3.8, 4) is 0 Å². The fraction of sp³-hybridized carbons (Fsp3) is 0.500. The maximum atomic E-state index is 12.2. The Morgan fingerprint density at radius 1 is 1.35 bits per heavy atom. The van der Waals surface area contributed by atoms with Crippen LogP contribution in [0.2, 0.25) is 0 Å². The second-order valence-electron chi connectivity index (χ2n) is 4.96. The molecule has 3 heteroatoms. The monoisotopic (exact) mass is 232 g/mol. The highest BCUT2D eigenvalue weighted by molar-refractivity contribution is 6.00. The van der Waals surface area contributed by atoms with Crippen molar-refractivity contribution in [2.45, 2.75) is 39.3 Å². The van der Waals surface area contributed by atoms with Gasteiger partial charge in [0.05, 0.1) is 6.04 Å². The summed E-state index contributed by atoms with van der Waals surface area (Å²) in [5.74, 6) is 0.174. The van der Waals surface area contributed by atoms with E-state index in [9.17, 15) is 4.79 Å². The standard InChI is InChI=1S/C14H20N2O/c1-9(2)16-10(3)14(17)12-4-5-13-11(8-12)6-7-15-13/h4-5,8-10,15-16H,6-7H2,1-3H3. The summed E-state index contributed by atoms with van der Waals surface area (Å²) in [6.07, 6.45) is 1.02. The Hall–Kier alpha value is -1.35. The Bertz CT molecular complexity index is 426. The SMILES string of the molecule is CC(C)NC(C)C(=O)c1ccc2c(c1)CCN2. The van der Waals surface area contributed by atoms with Crippen LogP contribution in [0, 0.1) is 0 Å². The number of anilines is 1. The van der Waals surface area contributed by atoms with E-state index in [1.807, 2.05) is 25.1 Å². The third-order valence-corrected chi connectivity index (χ3v) is 3.08. The van der Waals surface area contributed by atoms with Crippen molar-refractivity contribution in [1.29, 1.82) is 0 Å². The Labute approximate surface area is 103 Å². The molecule has 0 saturated carbocycles. The van der Waals surface area contributed by atoms with Gasteiger partial charge in [0, 0.05) is 23.8 Å². The summed E-state index contributed by atoms with van der Waals surface area (Å²) in [5, 5.41) is 6.54. The van der Waals surface area contributed by atoms with Gasteiger partial charge < -0.3 is 10.6 Å². The number of rotatable bonds is 4. The van der Waals surface area contributed by atoms with Gasteiger partial charge in [-0.15, -0.1) is 0 Å². The molecule has 1 heterocycles. The van der Waals surface area contributed by atoms with Crippen LogP contribution in [-0.4, -0.2) is 24.4 Å². The largest absolute Gasteiger partial charge is 0.384 e. The third kappa shape index (κ3) is 2.67. The Balaban J connectivity index is 2.14. The summed E-state index contributed by atoms with van der Waals surface area (Å²) in [5.41, 5.74) is 3.24. The van der Waals surface area contributed by atoms with E-state index in [1.165, 1.54) is 11.3 Å². The molecule has 0 radical (unpaired) electrons. The summed E-state index contributed by atoms with van der Waals surface area (Å²) in [4.78, 5) is 12.2. The van der Waals surface area contributed by atoms with Crippen molar-refractivity contribution in [3.63, 3.8) is 0 Å². The number of hydrogen-bond donors (Lipinski definition) is 2. The van der Waals surface area contributed by atoms with Crippen LogP contribution in [0.5, 0.6) is 0 Å². The quantitative estimate of drug-likeness (QED) is 0.782. The van der Waals surface area contributed by atoms with Crippen molar-refractivity contribution >= 4 is 11.5 Å². The van der Waals surface area contributed by atoms with E-state index in [2.05, 4.69) is 24.5 Å². The number of fused-ring (bicyclic) bond motifs is 1. The van der Waals surface area contributed by atoms with Crippen molar-refractivity contribution in [2.24, 2.45) is 0 Å². The molecule has 0 aromatic heterocycles. The number of carbonyl (C=O) groups is 1. The predicted octanol–water partition coefficient (Wildman–Crippen LogP) is 2.22. The molecule has 0 aliphatic carbocycles. The Morgan fingerprint density at radius 3 is 2.82 bits per heavy atom. The molecule has 0 fully saturated rings. The van der Waals surface area contributed by atoms with Gasteiger partial charge >= 0.3 is 0 Å². The number of benzene rings is 1. The molecule has 1 aromatic carbocycles. The molecule has 1 aliphatic heterocycles. The maximum Gasteiger partial charge on any atom is 0.179 e. The fourth-order valence-corrected chi connectivity index (χ4v) is 2.28. The minimum atomic E-state index is -0.123. The molecule has 0 spiro atoms. The van der Waals surface area contributed by atoms with Gasteiger partial charge in [-0.25, -0.2) is 0 Å². The normalized spacial score (nSPS) is 15.5. The number of Topliss-reactive ketones (excluding diaryl/α,β-unsaturated/α-hetero) is 1. The molecule has 1 aliphatic rings. The van der Waals surface area contributed by atoms with Crippen molar-refractivity contribution < 1.29 is 4.79 Å². The molecule has 0 saturated heterocycles. The van der Waals surface area contributed by atoms with Crippen molar-refractivity contribution in [1.82, 2.24) is 5.32 Å². The van der Waals surface area contributed by atoms with Crippen molar-refractivity contribution in [2.75, 3.05) is 11.9 Å².